The first-order valence-corrected chi connectivity index (χ1v) is 12.0. The van der Waals surface area contributed by atoms with Crippen LogP contribution >= 0.6 is 0 Å². The van der Waals surface area contributed by atoms with Crippen molar-refractivity contribution in [3.05, 3.63) is 134 Å². The van der Waals surface area contributed by atoms with Gasteiger partial charge in [-0.15, -0.1) is 0 Å². The van der Waals surface area contributed by atoms with Gasteiger partial charge in [0.1, 0.15) is 5.82 Å². The van der Waals surface area contributed by atoms with Crippen LogP contribution in [0.4, 0.5) is 0 Å². The molecule has 0 saturated carbocycles. The molecule has 4 nitrogen and oxygen atoms in total. The van der Waals surface area contributed by atoms with Gasteiger partial charge in [-0.2, -0.15) is 0 Å². The van der Waals surface area contributed by atoms with E-state index in [0.29, 0.717) is 6.54 Å². The van der Waals surface area contributed by atoms with Crippen LogP contribution in [0.25, 0.3) is 0 Å². The van der Waals surface area contributed by atoms with Crippen LogP contribution in [0.15, 0.2) is 83.7 Å². The molecule has 4 heteroatoms. The minimum Gasteiger partial charge on any atom is -0.293 e. The Morgan fingerprint density at radius 1 is 0.824 bits per heavy atom. The molecule has 1 aliphatic heterocycles. The van der Waals surface area contributed by atoms with E-state index < -0.39 is 0 Å². The Kier molecular flexibility index (Phi) is 6.16. The first-order valence-electron chi connectivity index (χ1n) is 12.0. The van der Waals surface area contributed by atoms with E-state index in [1.165, 1.54) is 16.7 Å². The van der Waals surface area contributed by atoms with Gasteiger partial charge >= 0.3 is 0 Å². The van der Waals surface area contributed by atoms with Gasteiger partial charge in [0.2, 0.25) is 0 Å². The van der Waals surface area contributed by atoms with E-state index in [9.17, 15) is 4.79 Å². The molecule has 3 aromatic carbocycles. The summed E-state index contributed by atoms with van der Waals surface area (Å²) in [5.41, 5.74) is 7.77. The Morgan fingerprint density at radius 3 is 2.00 bits per heavy atom. The molecule has 172 valence electrons. The second-order valence-corrected chi connectivity index (χ2v) is 9.43. The maximum absolute atomic E-state index is 13.9. The fourth-order valence-electron chi connectivity index (χ4n) is 4.94. The first kappa shape index (κ1) is 22.3. The average Bonchev–Trinajstić information content (AvgIpc) is 2.84. The topological polar surface area (TPSA) is 38.1 Å². The minimum atomic E-state index is -0.200. The Morgan fingerprint density at radius 2 is 1.41 bits per heavy atom. The second-order valence-electron chi connectivity index (χ2n) is 9.43. The van der Waals surface area contributed by atoms with E-state index in [1.54, 1.807) is 0 Å². The summed E-state index contributed by atoms with van der Waals surface area (Å²) in [5.74, 6) is 0.761. The minimum absolute atomic E-state index is 0.0908. The number of rotatable bonds is 5. The van der Waals surface area contributed by atoms with E-state index in [2.05, 4.69) is 91.5 Å². The fourth-order valence-corrected chi connectivity index (χ4v) is 4.94. The number of hydrogen-bond acceptors (Lipinski definition) is 3. The molecule has 0 amide bonds. The summed E-state index contributed by atoms with van der Waals surface area (Å²) in [7, 11) is 0. The van der Waals surface area contributed by atoms with Gasteiger partial charge in [0, 0.05) is 25.2 Å². The van der Waals surface area contributed by atoms with Crippen LogP contribution in [0.3, 0.4) is 0 Å². The molecule has 0 atom stereocenters. The van der Waals surface area contributed by atoms with Crippen molar-refractivity contribution in [3.63, 3.8) is 0 Å². The highest BCUT2D eigenvalue weighted by atomic mass is 16.1. The zero-order valence-corrected chi connectivity index (χ0v) is 20.2. The molecule has 5 rings (SSSR count). The molecule has 0 spiro atoms. The van der Waals surface area contributed by atoms with Crippen molar-refractivity contribution in [3.8, 4) is 0 Å². The Hall–Kier alpha value is -3.50. The van der Waals surface area contributed by atoms with Crippen LogP contribution in [0, 0.1) is 20.8 Å². The summed E-state index contributed by atoms with van der Waals surface area (Å²) >= 11 is 0. The average molecular weight is 450 g/mol. The predicted molar refractivity (Wildman–Crippen MR) is 137 cm³/mol. The summed E-state index contributed by atoms with van der Waals surface area (Å²) < 4.78 is 1.90. The molecule has 2 heterocycles. The van der Waals surface area contributed by atoms with Gasteiger partial charge in [-0.3, -0.25) is 14.3 Å². The zero-order valence-electron chi connectivity index (χ0n) is 20.2. The van der Waals surface area contributed by atoms with Crippen molar-refractivity contribution < 1.29 is 0 Å². The van der Waals surface area contributed by atoms with Crippen molar-refractivity contribution in [1.82, 2.24) is 14.5 Å². The number of fused-ring (bicyclic) bond motifs is 1. The maximum atomic E-state index is 13.9. The van der Waals surface area contributed by atoms with Gasteiger partial charge in [-0.1, -0.05) is 90.0 Å². The molecular weight excluding hydrogens is 418 g/mol. The molecular formula is C30H31N3O. The monoisotopic (exact) mass is 449 g/mol. The number of benzene rings is 3. The lowest BCUT2D eigenvalue weighted by atomic mass is 9.95. The fraction of sp³-hybridized carbons (Fsp3) is 0.267. The Labute approximate surface area is 201 Å². The third-order valence-electron chi connectivity index (χ3n) is 6.82. The van der Waals surface area contributed by atoms with Gasteiger partial charge in [0.25, 0.3) is 5.56 Å². The van der Waals surface area contributed by atoms with E-state index >= 15 is 0 Å². The van der Waals surface area contributed by atoms with E-state index in [-0.39, 0.29) is 11.6 Å². The van der Waals surface area contributed by atoms with Crippen molar-refractivity contribution >= 4 is 0 Å². The van der Waals surface area contributed by atoms with E-state index in [0.717, 1.165) is 47.7 Å². The molecule has 0 unspecified atom stereocenters. The summed E-state index contributed by atoms with van der Waals surface area (Å²) in [6, 6.07) is 27.3. The van der Waals surface area contributed by atoms with Crippen LogP contribution in [0.2, 0.25) is 0 Å². The largest absolute Gasteiger partial charge is 0.293 e. The highest BCUT2D eigenvalue weighted by Crippen LogP contribution is 2.28. The van der Waals surface area contributed by atoms with Crippen LogP contribution in [-0.4, -0.2) is 21.0 Å². The van der Waals surface area contributed by atoms with Crippen LogP contribution in [0.5, 0.6) is 0 Å². The van der Waals surface area contributed by atoms with Crippen molar-refractivity contribution in [1.29, 1.82) is 0 Å². The number of hydrogen-bond donors (Lipinski definition) is 0. The highest BCUT2D eigenvalue weighted by Gasteiger charge is 2.26. The Balaban J connectivity index is 1.55. The molecule has 0 radical (unpaired) electrons. The lowest BCUT2D eigenvalue weighted by Gasteiger charge is -2.30. The van der Waals surface area contributed by atoms with E-state index in [1.807, 2.05) is 17.6 Å². The van der Waals surface area contributed by atoms with Crippen molar-refractivity contribution in [2.75, 3.05) is 6.54 Å². The molecule has 0 fully saturated rings. The van der Waals surface area contributed by atoms with Gasteiger partial charge in [-0.25, -0.2) is 4.98 Å². The van der Waals surface area contributed by atoms with Crippen molar-refractivity contribution in [2.24, 2.45) is 0 Å². The number of nitrogens with zero attached hydrogens (tertiary/aromatic N) is 3. The third kappa shape index (κ3) is 4.46. The predicted octanol–water partition coefficient (Wildman–Crippen LogP) is 5.36. The summed E-state index contributed by atoms with van der Waals surface area (Å²) in [5, 5.41) is 0. The van der Waals surface area contributed by atoms with Crippen LogP contribution in [-0.2, 0) is 19.5 Å². The molecule has 0 N–H and O–H groups in total. The van der Waals surface area contributed by atoms with Gasteiger partial charge in [-0.05, 0) is 43.9 Å². The normalized spacial score (nSPS) is 13.8. The third-order valence-corrected chi connectivity index (χ3v) is 6.82. The molecule has 1 aliphatic rings. The van der Waals surface area contributed by atoms with Crippen LogP contribution in [0.1, 0.15) is 50.9 Å². The van der Waals surface area contributed by atoms with Crippen LogP contribution < -0.4 is 5.56 Å². The lowest BCUT2D eigenvalue weighted by molar-refractivity contribution is 0.239. The Bertz CT molecular complexity index is 1290. The smallest absolute Gasteiger partial charge is 0.257 e. The molecule has 1 aromatic heterocycles. The summed E-state index contributed by atoms with van der Waals surface area (Å²) in [6.07, 6.45) is 0.725. The molecule has 0 bridgehead atoms. The first-order chi connectivity index (χ1) is 16.5. The summed E-state index contributed by atoms with van der Waals surface area (Å²) in [4.78, 5) is 21.3. The molecule has 34 heavy (non-hydrogen) atoms. The summed E-state index contributed by atoms with van der Waals surface area (Å²) in [6.45, 7) is 8.59. The van der Waals surface area contributed by atoms with E-state index in [4.69, 9.17) is 4.98 Å². The molecule has 4 aromatic rings. The van der Waals surface area contributed by atoms with Crippen molar-refractivity contribution in [2.45, 2.75) is 46.3 Å². The molecule has 0 saturated heterocycles. The standard InChI is InChI=1S/C30H31N3O/c1-21-9-13-25(14-10-21)29(26-15-11-22(2)12-16-26)33-23(3)31-28-20-32(18-17-27(28)30(33)34)19-24-7-5-4-6-8-24/h4-16,29H,17-20H2,1-3H3. The lowest BCUT2D eigenvalue weighted by Crippen LogP contribution is -2.39. The van der Waals surface area contributed by atoms with Gasteiger partial charge in [0.15, 0.2) is 0 Å². The highest BCUT2D eigenvalue weighted by molar-refractivity contribution is 5.37. The second kappa shape index (κ2) is 9.40. The maximum Gasteiger partial charge on any atom is 0.257 e. The number of aromatic nitrogens is 2. The van der Waals surface area contributed by atoms with Gasteiger partial charge in [0.05, 0.1) is 11.7 Å². The van der Waals surface area contributed by atoms with Gasteiger partial charge < -0.3 is 0 Å². The number of aryl methyl sites for hydroxylation is 3. The molecule has 0 aliphatic carbocycles. The zero-order chi connectivity index (χ0) is 23.7. The SMILES string of the molecule is Cc1ccc(C(c2ccc(C)cc2)n2c(C)nc3c(c2=O)CCN(Cc2ccccc2)C3)cc1. The quantitative estimate of drug-likeness (QED) is 0.411.